The third-order valence-electron chi connectivity index (χ3n) is 3.87. The Balaban J connectivity index is 1.81. The van der Waals surface area contributed by atoms with Gasteiger partial charge in [0.05, 0.1) is 16.3 Å². The minimum atomic E-state index is -0.357. The molecule has 2 aromatic rings. The fourth-order valence-corrected chi connectivity index (χ4v) is 2.94. The van der Waals surface area contributed by atoms with E-state index in [1.807, 2.05) is 13.8 Å². The molecule has 0 spiro atoms. The third-order valence-corrected chi connectivity index (χ3v) is 4.44. The van der Waals surface area contributed by atoms with Crippen molar-refractivity contribution in [2.45, 2.75) is 19.9 Å². The normalized spacial score (nSPS) is 12.7. The number of halogens is 2. The molecule has 1 heterocycles. The molecule has 2 N–H and O–H groups in total. The molecule has 27 heavy (non-hydrogen) atoms. The molecule has 1 aliphatic heterocycles. The van der Waals surface area contributed by atoms with Crippen LogP contribution >= 0.6 is 23.2 Å². The number of rotatable bonds is 4. The number of carbonyl (C=O) groups excluding carboxylic acids is 2. The monoisotopic (exact) mass is 404 g/mol. The van der Waals surface area contributed by atoms with E-state index in [-0.39, 0.29) is 24.5 Å². The molecule has 5 nitrogen and oxygen atoms in total. The summed E-state index contributed by atoms with van der Waals surface area (Å²) >= 11 is 12.2. The standard InChI is InChI=1S/C20H18Cl2N2O3/c1-11(2)23-19(25)12-3-5-16(22)17(9-12)24-20(26)14-7-13-8-15(21)4-6-18(13)27-10-14/h3-9,11H,10H2,1-2H3,(H,23,25)(H,24,26). The second-order valence-electron chi connectivity index (χ2n) is 6.42. The molecule has 2 amide bonds. The van der Waals surface area contributed by atoms with Crippen LogP contribution in [-0.4, -0.2) is 24.5 Å². The Morgan fingerprint density at radius 1 is 1.07 bits per heavy atom. The van der Waals surface area contributed by atoms with Crippen molar-refractivity contribution in [3.63, 3.8) is 0 Å². The van der Waals surface area contributed by atoms with Gasteiger partial charge in [0.25, 0.3) is 11.8 Å². The van der Waals surface area contributed by atoms with Crippen LogP contribution in [0.1, 0.15) is 29.8 Å². The molecule has 0 radical (unpaired) electrons. The van der Waals surface area contributed by atoms with Crippen molar-refractivity contribution in [3.05, 3.63) is 63.1 Å². The van der Waals surface area contributed by atoms with Crippen molar-refractivity contribution >= 4 is 46.8 Å². The number of hydrogen-bond donors (Lipinski definition) is 2. The molecule has 1 aliphatic rings. The number of carbonyl (C=O) groups is 2. The van der Waals surface area contributed by atoms with Gasteiger partial charge in [0, 0.05) is 22.2 Å². The van der Waals surface area contributed by atoms with E-state index in [0.717, 1.165) is 5.56 Å². The molecule has 0 fully saturated rings. The van der Waals surface area contributed by atoms with Crippen LogP contribution in [0, 0.1) is 0 Å². The lowest BCUT2D eigenvalue weighted by Crippen LogP contribution is -2.30. The Morgan fingerprint density at radius 3 is 2.59 bits per heavy atom. The summed E-state index contributed by atoms with van der Waals surface area (Å²) < 4.78 is 5.60. The number of hydrogen-bond acceptors (Lipinski definition) is 3. The largest absolute Gasteiger partial charge is 0.488 e. The van der Waals surface area contributed by atoms with Gasteiger partial charge in [-0.25, -0.2) is 0 Å². The molecule has 0 bridgehead atoms. The zero-order valence-corrected chi connectivity index (χ0v) is 16.3. The van der Waals surface area contributed by atoms with Crippen LogP contribution in [-0.2, 0) is 4.79 Å². The predicted molar refractivity (Wildman–Crippen MR) is 108 cm³/mol. The van der Waals surface area contributed by atoms with E-state index in [2.05, 4.69) is 10.6 Å². The lowest BCUT2D eigenvalue weighted by atomic mass is 10.1. The van der Waals surface area contributed by atoms with E-state index in [1.54, 1.807) is 42.5 Å². The Morgan fingerprint density at radius 2 is 1.85 bits per heavy atom. The van der Waals surface area contributed by atoms with Gasteiger partial charge in [-0.2, -0.15) is 0 Å². The summed E-state index contributed by atoms with van der Waals surface area (Å²) in [7, 11) is 0. The van der Waals surface area contributed by atoms with Gasteiger partial charge in [0.15, 0.2) is 0 Å². The average Bonchev–Trinajstić information content (AvgIpc) is 2.62. The second-order valence-corrected chi connectivity index (χ2v) is 7.26. The van der Waals surface area contributed by atoms with Crippen LogP contribution in [0.25, 0.3) is 6.08 Å². The summed E-state index contributed by atoms with van der Waals surface area (Å²) in [5, 5.41) is 6.44. The van der Waals surface area contributed by atoms with Crippen molar-refractivity contribution in [3.8, 4) is 5.75 Å². The van der Waals surface area contributed by atoms with Crippen molar-refractivity contribution in [2.75, 3.05) is 11.9 Å². The van der Waals surface area contributed by atoms with Crippen molar-refractivity contribution in [1.29, 1.82) is 0 Å². The maximum Gasteiger partial charge on any atom is 0.255 e. The number of anilines is 1. The van der Waals surface area contributed by atoms with Gasteiger partial charge < -0.3 is 15.4 Å². The highest BCUT2D eigenvalue weighted by Crippen LogP contribution is 2.30. The zero-order chi connectivity index (χ0) is 19.6. The Labute approximate surface area is 167 Å². The van der Waals surface area contributed by atoms with Crippen LogP contribution in [0.5, 0.6) is 5.75 Å². The Hall–Kier alpha value is -2.50. The molecule has 0 atom stereocenters. The molecule has 0 aromatic heterocycles. The van der Waals surface area contributed by atoms with Crippen LogP contribution in [0.2, 0.25) is 10.0 Å². The fraction of sp³-hybridized carbons (Fsp3) is 0.200. The van der Waals surface area contributed by atoms with E-state index < -0.39 is 0 Å². The first-order valence-corrected chi connectivity index (χ1v) is 9.14. The van der Waals surface area contributed by atoms with Crippen LogP contribution in [0.4, 0.5) is 5.69 Å². The minimum absolute atomic E-state index is 0.00246. The molecule has 0 saturated carbocycles. The number of benzene rings is 2. The quantitative estimate of drug-likeness (QED) is 0.785. The third kappa shape index (κ3) is 4.62. The first-order chi connectivity index (χ1) is 12.8. The van der Waals surface area contributed by atoms with Crippen molar-refractivity contribution in [1.82, 2.24) is 5.32 Å². The average molecular weight is 405 g/mol. The number of amides is 2. The first kappa shape index (κ1) is 19.3. The SMILES string of the molecule is CC(C)NC(=O)c1ccc(Cl)c(NC(=O)C2=Cc3cc(Cl)ccc3OC2)c1. The summed E-state index contributed by atoms with van der Waals surface area (Å²) in [6.45, 7) is 3.87. The van der Waals surface area contributed by atoms with Crippen LogP contribution < -0.4 is 15.4 Å². The van der Waals surface area contributed by atoms with Gasteiger partial charge >= 0.3 is 0 Å². The molecule has 2 aromatic carbocycles. The van der Waals surface area contributed by atoms with Crippen molar-refractivity contribution < 1.29 is 14.3 Å². The van der Waals surface area contributed by atoms with Gasteiger partial charge in [-0.05, 0) is 56.3 Å². The molecule has 0 unspecified atom stereocenters. The smallest absolute Gasteiger partial charge is 0.255 e. The van der Waals surface area contributed by atoms with Crippen LogP contribution in [0.15, 0.2) is 42.0 Å². The molecule has 140 valence electrons. The maximum atomic E-state index is 12.6. The topological polar surface area (TPSA) is 67.4 Å². The van der Waals surface area contributed by atoms with Gasteiger partial charge in [-0.1, -0.05) is 23.2 Å². The molecule has 7 heteroatoms. The summed E-state index contributed by atoms with van der Waals surface area (Å²) in [6, 6.07) is 9.95. The summed E-state index contributed by atoms with van der Waals surface area (Å²) in [5.41, 5.74) is 1.93. The van der Waals surface area contributed by atoms with Gasteiger partial charge in [0.1, 0.15) is 12.4 Å². The second kappa shape index (κ2) is 8.03. The Bertz CT molecular complexity index is 939. The minimum Gasteiger partial charge on any atom is -0.488 e. The first-order valence-electron chi connectivity index (χ1n) is 8.38. The molecule has 3 rings (SSSR count). The highest BCUT2D eigenvalue weighted by Gasteiger charge is 2.19. The summed E-state index contributed by atoms with van der Waals surface area (Å²) in [4.78, 5) is 24.8. The maximum absolute atomic E-state index is 12.6. The highest BCUT2D eigenvalue weighted by atomic mass is 35.5. The van der Waals surface area contributed by atoms with E-state index in [0.29, 0.717) is 32.6 Å². The van der Waals surface area contributed by atoms with E-state index in [9.17, 15) is 9.59 Å². The molecule has 0 aliphatic carbocycles. The molecule has 0 saturated heterocycles. The number of ether oxygens (including phenoxy) is 1. The van der Waals surface area contributed by atoms with E-state index >= 15 is 0 Å². The highest BCUT2D eigenvalue weighted by molar-refractivity contribution is 6.34. The van der Waals surface area contributed by atoms with Gasteiger partial charge in [0.2, 0.25) is 0 Å². The number of fused-ring (bicyclic) bond motifs is 1. The van der Waals surface area contributed by atoms with E-state index in [1.165, 1.54) is 0 Å². The zero-order valence-electron chi connectivity index (χ0n) is 14.8. The Kier molecular flexibility index (Phi) is 5.73. The lowest BCUT2D eigenvalue weighted by molar-refractivity contribution is -0.113. The van der Waals surface area contributed by atoms with E-state index in [4.69, 9.17) is 27.9 Å². The van der Waals surface area contributed by atoms with Crippen molar-refractivity contribution in [2.24, 2.45) is 0 Å². The number of nitrogens with one attached hydrogen (secondary N) is 2. The summed E-state index contributed by atoms with van der Waals surface area (Å²) in [6.07, 6.45) is 1.73. The molecular formula is C20H18Cl2N2O3. The summed E-state index contributed by atoms with van der Waals surface area (Å²) in [5.74, 6) is 0.0752. The fourth-order valence-electron chi connectivity index (χ4n) is 2.59. The lowest BCUT2D eigenvalue weighted by Gasteiger charge is -2.18. The molecular weight excluding hydrogens is 387 g/mol. The van der Waals surface area contributed by atoms with Gasteiger partial charge in [-0.15, -0.1) is 0 Å². The van der Waals surface area contributed by atoms with Gasteiger partial charge in [-0.3, -0.25) is 9.59 Å². The van der Waals surface area contributed by atoms with Crippen LogP contribution in [0.3, 0.4) is 0 Å². The predicted octanol–water partition coefficient (Wildman–Crippen LogP) is 4.55.